The Bertz CT molecular complexity index is 1000. The highest BCUT2D eigenvalue weighted by molar-refractivity contribution is 5.96. The Balaban J connectivity index is 1.91. The number of aromatic hydroxyl groups is 2. The van der Waals surface area contributed by atoms with E-state index in [9.17, 15) is 24.6 Å². The van der Waals surface area contributed by atoms with Crippen LogP contribution in [0.15, 0.2) is 59.8 Å². The lowest BCUT2D eigenvalue weighted by atomic mass is 9.95. The molecule has 1 aliphatic rings. The van der Waals surface area contributed by atoms with Gasteiger partial charge in [-0.25, -0.2) is 14.4 Å². The molecular weight excluding hydrogens is 392 g/mol. The Morgan fingerprint density at radius 1 is 1.03 bits per heavy atom. The van der Waals surface area contributed by atoms with Crippen LogP contribution in [-0.2, 0) is 14.3 Å². The van der Waals surface area contributed by atoms with E-state index in [4.69, 9.17) is 9.47 Å². The smallest absolute Gasteiger partial charge is 0.342 e. The Hall–Kier alpha value is -4.01. The van der Waals surface area contributed by atoms with Crippen molar-refractivity contribution in [3.05, 3.63) is 70.9 Å². The van der Waals surface area contributed by atoms with Gasteiger partial charge in [0.05, 0.1) is 23.9 Å². The summed E-state index contributed by atoms with van der Waals surface area (Å²) in [6.45, 7) is 1.33. The maximum atomic E-state index is 12.6. The van der Waals surface area contributed by atoms with E-state index >= 15 is 0 Å². The maximum absolute atomic E-state index is 12.6. The lowest BCUT2D eigenvalue weighted by Crippen LogP contribution is -2.47. The molecule has 30 heavy (non-hydrogen) atoms. The molecule has 0 aliphatic carbocycles. The van der Waals surface area contributed by atoms with Gasteiger partial charge in [0.15, 0.2) is 0 Å². The lowest BCUT2D eigenvalue weighted by Gasteiger charge is -2.29. The average Bonchev–Trinajstić information content (AvgIpc) is 2.72. The van der Waals surface area contributed by atoms with Crippen LogP contribution in [-0.4, -0.2) is 41.4 Å². The first-order valence-corrected chi connectivity index (χ1v) is 9.12. The van der Waals surface area contributed by atoms with Gasteiger partial charge in [0.25, 0.3) is 0 Å². The molecule has 4 N–H and O–H groups in total. The van der Waals surface area contributed by atoms with E-state index in [1.807, 2.05) is 0 Å². The molecule has 2 aromatic carbocycles. The number of carbonyl (C=O) groups is 3. The Kier molecular flexibility index (Phi) is 6.21. The number of nitrogens with one attached hydrogen (secondary N) is 2. The summed E-state index contributed by atoms with van der Waals surface area (Å²) in [5.74, 6) is -2.24. The van der Waals surface area contributed by atoms with E-state index in [0.29, 0.717) is 5.56 Å². The van der Waals surface area contributed by atoms with E-state index in [1.165, 1.54) is 12.1 Å². The first-order valence-electron chi connectivity index (χ1n) is 9.12. The van der Waals surface area contributed by atoms with Gasteiger partial charge in [-0.05, 0) is 24.6 Å². The molecule has 3 rings (SSSR count). The van der Waals surface area contributed by atoms with Gasteiger partial charge in [-0.15, -0.1) is 0 Å². The van der Waals surface area contributed by atoms with Crippen LogP contribution in [0, 0.1) is 0 Å². The Labute approximate surface area is 171 Å². The minimum absolute atomic E-state index is 0.0673. The molecule has 0 aromatic heterocycles. The fourth-order valence-electron chi connectivity index (χ4n) is 2.99. The summed E-state index contributed by atoms with van der Waals surface area (Å²) < 4.78 is 10.3. The average molecular weight is 412 g/mol. The van der Waals surface area contributed by atoms with Crippen LogP contribution in [0.4, 0.5) is 4.79 Å². The normalized spacial score (nSPS) is 15.8. The van der Waals surface area contributed by atoms with Gasteiger partial charge in [-0.1, -0.05) is 30.3 Å². The minimum Gasteiger partial charge on any atom is -0.508 e. The minimum atomic E-state index is -0.896. The molecule has 0 unspecified atom stereocenters. The fourth-order valence-corrected chi connectivity index (χ4v) is 2.99. The number of benzene rings is 2. The lowest BCUT2D eigenvalue weighted by molar-refractivity contribution is -0.139. The molecule has 0 fully saturated rings. The van der Waals surface area contributed by atoms with Gasteiger partial charge in [-0.2, -0.15) is 0 Å². The number of ether oxygens (including phenoxy) is 2. The first kappa shape index (κ1) is 20.7. The number of hydrogen-bond donors (Lipinski definition) is 4. The summed E-state index contributed by atoms with van der Waals surface area (Å²) in [5, 5.41) is 24.3. The second-order valence-corrected chi connectivity index (χ2v) is 6.33. The molecular formula is C21H20N2O7. The number of phenolic OH excluding ortho intramolecular Hbond substituents is 2. The second-order valence-electron chi connectivity index (χ2n) is 6.33. The first-order chi connectivity index (χ1) is 14.4. The van der Waals surface area contributed by atoms with Gasteiger partial charge in [0, 0.05) is 6.07 Å². The topological polar surface area (TPSA) is 134 Å². The van der Waals surface area contributed by atoms with Crippen molar-refractivity contribution in [3.63, 3.8) is 0 Å². The SMILES string of the molecule is CCOC(=O)C1=C(COC(=O)c2ccc(O)cc2O)NC(=O)N[C@H]1c1ccccc1. The number of urea groups is 1. The fraction of sp³-hybridized carbons (Fsp3) is 0.190. The Morgan fingerprint density at radius 2 is 1.77 bits per heavy atom. The van der Waals surface area contributed by atoms with Crippen molar-refractivity contribution in [1.29, 1.82) is 0 Å². The Morgan fingerprint density at radius 3 is 2.43 bits per heavy atom. The molecule has 156 valence electrons. The van der Waals surface area contributed by atoms with Crippen molar-refractivity contribution < 1.29 is 34.1 Å². The van der Waals surface area contributed by atoms with E-state index < -0.39 is 36.4 Å². The third-order valence-corrected chi connectivity index (χ3v) is 4.33. The highest BCUT2D eigenvalue weighted by atomic mass is 16.5. The zero-order valence-electron chi connectivity index (χ0n) is 16.0. The molecule has 0 saturated heterocycles. The molecule has 0 spiro atoms. The quantitative estimate of drug-likeness (QED) is 0.534. The van der Waals surface area contributed by atoms with E-state index in [1.54, 1.807) is 37.3 Å². The third kappa shape index (κ3) is 4.52. The highest BCUT2D eigenvalue weighted by Gasteiger charge is 2.34. The summed E-state index contributed by atoms with van der Waals surface area (Å²) in [6, 6.07) is 10.9. The van der Waals surface area contributed by atoms with Crippen LogP contribution in [0.25, 0.3) is 0 Å². The number of rotatable bonds is 6. The van der Waals surface area contributed by atoms with Gasteiger partial charge < -0.3 is 30.3 Å². The van der Waals surface area contributed by atoms with Gasteiger partial charge in [0.1, 0.15) is 23.7 Å². The standard InChI is InChI=1S/C21H20N2O7/c1-2-29-20(27)17-15(11-30-19(26)14-9-8-13(24)10-16(14)25)22-21(28)23-18(17)12-6-4-3-5-7-12/h3-10,18,24-25H,2,11H2,1H3,(H2,22,23,28)/t18-/m0/s1. The van der Waals surface area contributed by atoms with Gasteiger partial charge in [0.2, 0.25) is 0 Å². The summed E-state index contributed by atoms with van der Waals surface area (Å²) in [4.78, 5) is 37.1. The third-order valence-electron chi connectivity index (χ3n) is 4.33. The highest BCUT2D eigenvalue weighted by Crippen LogP contribution is 2.28. The predicted octanol–water partition coefficient (Wildman–Crippen LogP) is 2.13. The van der Waals surface area contributed by atoms with E-state index in [-0.39, 0.29) is 29.2 Å². The number of esters is 2. The van der Waals surface area contributed by atoms with Gasteiger partial charge in [-0.3, -0.25) is 0 Å². The van der Waals surface area contributed by atoms with Crippen molar-refractivity contribution in [3.8, 4) is 11.5 Å². The number of hydrogen-bond acceptors (Lipinski definition) is 7. The molecule has 2 aromatic rings. The number of amides is 2. The van der Waals surface area contributed by atoms with Crippen molar-refractivity contribution in [2.75, 3.05) is 13.2 Å². The predicted molar refractivity (Wildman–Crippen MR) is 105 cm³/mol. The van der Waals surface area contributed by atoms with Crippen LogP contribution in [0.2, 0.25) is 0 Å². The van der Waals surface area contributed by atoms with E-state index in [0.717, 1.165) is 6.07 Å². The van der Waals surface area contributed by atoms with Crippen LogP contribution < -0.4 is 10.6 Å². The van der Waals surface area contributed by atoms with Crippen molar-refractivity contribution >= 4 is 18.0 Å². The maximum Gasteiger partial charge on any atom is 0.342 e. The zero-order valence-corrected chi connectivity index (χ0v) is 16.0. The van der Waals surface area contributed by atoms with Crippen molar-refractivity contribution in [2.45, 2.75) is 13.0 Å². The molecule has 0 radical (unpaired) electrons. The second kappa shape index (κ2) is 8.99. The molecule has 2 amide bonds. The molecule has 1 atom stereocenters. The molecule has 0 saturated carbocycles. The van der Waals surface area contributed by atoms with Crippen molar-refractivity contribution in [2.24, 2.45) is 0 Å². The van der Waals surface area contributed by atoms with Crippen molar-refractivity contribution in [1.82, 2.24) is 10.6 Å². The van der Waals surface area contributed by atoms with Crippen LogP contribution >= 0.6 is 0 Å². The van der Waals surface area contributed by atoms with Crippen LogP contribution in [0.1, 0.15) is 28.9 Å². The molecule has 9 heteroatoms. The monoisotopic (exact) mass is 412 g/mol. The molecule has 0 bridgehead atoms. The largest absolute Gasteiger partial charge is 0.508 e. The van der Waals surface area contributed by atoms with E-state index in [2.05, 4.69) is 10.6 Å². The summed E-state index contributed by atoms with van der Waals surface area (Å²) in [6.07, 6.45) is 0. The molecule has 1 aliphatic heterocycles. The number of phenols is 2. The summed E-state index contributed by atoms with van der Waals surface area (Å²) in [5.41, 5.74) is 0.643. The summed E-state index contributed by atoms with van der Waals surface area (Å²) in [7, 11) is 0. The zero-order chi connectivity index (χ0) is 21.7. The summed E-state index contributed by atoms with van der Waals surface area (Å²) >= 11 is 0. The number of carbonyl (C=O) groups excluding carboxylic acids is 3. The van der Waals surface area contributed by atoms with Crippen LogP contribution in [0.5, 0.6) is 11.5 Å². The van der Waals surface area contributed by atoms with Crippen LogP contribution in [0.3, 0.4) is 0 Å². The molecule has 9 nitrogen and oxygen atoms in total. The molecule has 1 heterocycles. The van der Waals surface area contributed by atoms with Gasteiger partial charge >= 0.3 is 18.0 Å².